The van der Waals surface area contributed by atoms with E-state index in [1.54, 1.807) is 11.8 Å². The fraction of sp³-hybridized carbons (Fsp3) is 0.318. The average molecular weight is 379 g/mol. The molecule has 6 nitrogen and oxygen atoms in total. The van der Waals surface area contributed by atoms with Gasteiger partial charge in [0.05, 0.1) is 0 Å². The zero-order valence-electron chi connectivity index (χ0n) is 16.5. The van der Waals surface area contributed by atoms with E-state index in [9.17, 15) is 14.4 Å². The normalized spacial score (nSPS) is 19.0. The van der Waals surface area contributed by atoms with Crippen LogP contribution in [0.25, 0.3) is 10.8 Å². The summed E-state index contributed by atoms with van der Waals surface area (Å²) < 4.78 is 0. The Morgan fingerprint density at radius 3 is 2.50 bits per heavy atom. The van der Waals surface area contributed by atoms with E-state index in [1.165, 1.54) is 0 Å². The summed E-state index contributed by atoms with van der Waals surface area (Å²) in [4.78, 5) is 40.8. The average Bonchev–Trinajstić information content (AvgIpc) is 2.89. The van der Waals surface area contributed by atoms with Crippen LogP contribution in [0.1, 0.15) is 26.3 Å². The van der Waals surface area contributed by atoms with Crippen LogP contribution in [0, 0.1) is 0 Å². The number of hydrogen-bond acceptors (Lipinski definition) is 3. The summed E-state index contributed by atoms with van der Waals surface area (Å²) in [6, 6.07) is 12.9. The highest BCUT2D eigenvalue weighted by Crippen LogP contribution is 2.31. The second-order valence-corrected chi connectivity index (χ2v) is 7.37. The van der Waals surface area contributed by atoms with Crippen molar-refractivity contribution >= 4 is 28.6 Å². The molecule has 3 rings (SSSR count). The first-order chi connectivity index (χ1) is 13.3. The number of imide groups is 1. The van der Waals surface area contributed by atoms with Gasteiger partial charge in [0, 0.05) is 13.1 Å². The first-order valence-corrected chi connectivity index (χ1v) is 9.32. The number of fused-ring (bicyclic) bond motifs is 1. The summed E-state index contributed by atoms with van der Waals surface area (Å²) in [5.41, 5.74) is 0.328. The molecule has 1 aliphatic rings. The Labute approximate surface area is 164 Å². The lowest BCUT2D eigenvalue weighted by Crippen LogP contribution is -2.44. The number of urea groups is 1. The SMILES string of the molecule is C=C(C)CN(CC)C(=O)CN1C(=O)N[C@@](C)(c2ccc3ccccc3c2)C1=O. The third-order valence-electron chi connectivity index (χ3n) is 5.09. The van der Waals surface area contributed by atoms with Crippen molar-refractivity contribution in [3.8, 4) is 0 Å². The maximum atomic E-state index is 13.1. The molecule has 4 amide bonds. The minimum atomic E-state index is -1.20. The molecular weight excluding hydrogens is 354 g/mol. The highest BCUT2D eigenvalue weighted by atomic mass is 16.2. The van der Waals surface area contributed by atoms with Crippen molar-refractivity contribution in [3.05, 3.63) is 60.2 Å². The summed E-state index contributed by atoms with van der Waals surface area (Å²) in [5, 5.41) is 4.80. The number of nitrogens with zero attached hydrogens (tertiary/aromatic N) is 2. The number of rotatable bonds is 6. The molecule has 0 unspecified atom stereocenters. The van der Waals surface area contributed by atoms with Gasteiger partial charge in [0.15, 0.2) is 0 Å². The Hall–Kier alpha value is -3.15. The third-order valence-corrected chi connectivity index (χ3v) is 5.09. The molecule has 2 aromatic rings. The van der Waals surface area contributed by atoms with Gasteiger partial charge in [-0.05, 0) is 43.2 Å². The van der Waals surface area contributed by atoms with E-state index in [2.05, 4.69) is 11.9 Å². The maximum Gasteiger partial charge on any atom is 0.325 e. The van der Waals surface area contributed by atoms with E-state index >= 15 is 0 Å². The van der Waals surface area contributed by atoms with Crippen LogP contribution in [0.3, 0.4) is 0 Å². The van der Waals surface area contributed by atoms with Crippen LogP contribution in [0.2, 0.25) is 0 Å². The topological polar surface area (TPSA) is 69.7 Å². The minimum Gasteiger partial charge on any atom is -0.337 e. The first kappa shape index (κ1) is 19.6. The van der Waals surface area contributed by atoms with Gasteiger partial charge in [0.2, 0.25) is 5.91 Å². The van der Waals surface area contributed by atoms with E-state index in [0.29, 0.717) is 18.7 Å². The molecule has 146 valence electrons. The van der Waals surface area contributed by atoms with Crippen molar-refractivity contribution in [3.63, 3.8) is 0 Å². The number of carbonyl (C=O) groups is 3. The van der Waals surface area contributed by atoms with E-state index < -0.39 is 17.5 Å². The Morgan fingerprint density at radius 1 is 1.18 bits per heavy atom. The van der Waals surface area contributed by atoms with E-state index in [1.807, 2.05) is 56.3 Å². The molecule has 1 heterocycles. The summed E-state index contributed by atoms with van der Waals surface area (Å²) >= 11 is 0. The number of hydrogen-bond donors (Lipinski definition) is 1. The zero-order valence-corrected chi connectivity index (χ0v) is 16.5. The molecular formula is C22H25N3O3. The molecule has 1 fully saturated rings. The summed E-state index contributed by atoms with van der Waals surface area (Å²) in [7, 11) is 0. The quantitative estimate of drug-likeness (QED) is 0.620. The van der Waals surface area contributed by atoms with Gasteiger partial charge in [-0.25, -0.2) is 4.79 Å². The lowest BCUT2D eigenvalue weighted by molar-refractivity contribution is -0.138. The molecule has 1 N–H and O–H groups in total. The molecule has 1 aliphatic heterocycles. The molecule has 0 aromatic heterocycles. The maximum absolute atomic E-state index is 13.1. The molecule has 1 atom stereocenters. The van der Waals surface area contributed by atoms with Gasteiger partial charge in [-0.15, -0.1) is 0 Å². The molecule has 0 saturated carbocycles. The molecule has 0 radical (unpaired) electrons. The number of carbonyl (C=O) groups excluding carboxylic acids is 3. The fourth-order valence-electron chi connectivity index (χ4n) is 3.47. The van der Waals surface area contributed by atoms with Crippen molar-refractivity contribution in [2.75, 3.05) is 19.6 Å². The van der Waals surface area contributed by atoms with Crippen LogP contribution in [-0.4, -0.2) is 47.3 Å². The van der Waals surface area contributed by atoms with Crippen LogP contribution in [0.15, 0.2) is 54.6 Å². The van der Waals surface area contributed by atoms with E-state index in [0.717, 1.165) is 21.2 Å². The van der Waals surface area contributed by atoms with Crippen molar-refractivity contribution in [1.82, 2.24) is 15.1 Å². The molecule has 6 heteroatoms. The smallest absolute Gasteiger partial charge is 0.325 e. The van der Waals surface area contributed by atoms with Gasteiger partial charge in [0.1, 0.15) is 12.1 Å². The molecule has 0 aliphatic carbocycles. The van der Waals surface area contributed by atoms with Crippen molar-refractivity contribution < 1.29 is 14.4 Å². The molecule has 0 bridgehead atoms. The largest absolute Gasteiger partial charge is 0.337 e. The summed E-state index contributed by atoms with van der Waals surface area (Å²) in [5.74, 6) is -0.704. The second-order valence-electron chi connectivity index (χ2n) is 7.37. The Balaban J connectivity index is 1.85. The Morgan fingerprint density at radius 2 is 1.86 bits per heavy atom. The molecule has 2 aromatic carbocycles. The van der Waals surface area contributed by atoms with Crippen molar-refractivity contribution in [2.24, 2.45) is 0 Å². The highest BCUT2D eigenvalue weighted by molar-refractivity contribution is 6.09. The van der Waals surface area contributed by atoms with Crippen LogP contribution < -0.4 is 5.32 Å². The molecule has 0 spiro atoms. The third kappa shape index (κ3) is 3.50. The van der Waals surface area contributed by atoms with Crippen molar-refractivity contribution in [2.45, 2.75) is 26.3 Å². The first-order valence-electron chi connectivity index (χ1n) is 9.32. The van der Waals surface area contributed by atoms with E-state index in [-0.39, 0.29) is 12.5 Å². The monoisotopic (exact) mass is 379 g/mol. The lowest BCUT2D eigenvalue weighted by Gasteiger charge is -2.25. The number of amides is 4. The van der Waals surface area contributed by atoms with Gasteiger partial charge in [-0.1, -0.05) is 48.6 Å². The van der Waals surface area contributed by atoms with Crippen LogP contribution in [0.5, 0.6) is 0 Å². The zero-order chi connectivity index (χ0) is 20.5. The van der Waals surface area contributed by atoms with E-state index in [4.69, 9.17) is 0 Å². The van der Waals surface area contributed by atoms with Gasteiger partial charge < -0.3 is 10.2 Å². The van der Waals surface area contributed by atoms with Gasteiger partial charge in [-0.3, -0.25) is 14.5 Å². The number of benzene rings is 2. The van der Waals surface area contributed by atoms with Gasteiger partial charge in [-0.2, -0.15) is 0 Å². The Kier molecular flexibility index (Phi) is 5.23. The van der Waals surface area contributed by atoms with Crippen LogP contribution in [0.4, 0.5) is 4.79 Å². The second kappa shape index (κ2) is 7.46. The summed E-state index contributed by atoms with van der Waals surface area (Å²) in [6.07, 6.45) is 0. The highest BCUT2D eigenvalue weighted by Gasteiger charge is 2.49. The predicted molar refractivity (Wildman–Crippen MR) is 109 cm³/mol. The minimum absolute atomic E-state index is 0.281. The Bertz CT molecular complexity index is 968. The fourth-order valence-corrected chi connectivity index (χ4v) is 3.47. The van der Waals surface area contributed by atoms with Gasteiger partial charge in [0.25, 0.3) is 5.91 Å². The number of likely N-dealkylation sites (N-methyl/N-ethyl adjacent to an activating group) is 1. The molecule has 28 heavy (non-hydrogen) atoms. The summed E-state index contributed by atoms with van der Waals surface area (Å²) in [6.45, 7) is 9.79. The standard InChI is InChI=1S/C22H25N3O3/c1-5-24(13-15(2)3)19(26)14-25-20(27)22(4,23-21(25)28)18-11-10-16-8-6-7-9-17(16)12-18/h6-12H,2,5,13-14H2,1,3-4H3,(H,23,28)/t22-/m0/s1. The van der Waals surface area contributed by atoms with Crippen LogP contribution >= 0.6 is 0 Å². The number of nitrogens with one attached hydrogen (secondary N) is 1. The van der Waals surface area contributed by atoms with Gasteiger partial charge >= 0.3 is 6.03 Å². The lowest BCUT2D eigenvalue weighted by atomic mass is 9.90. The molecule has 1 saturated heterocycles. The van der Waals surface area contributed by atoms with Crippen LogP contribution in [-0.2, 0) is 15.1 Å². The predicted octanol–water partition coefficient (Wildman–Crippen LogP) is 3.03. The van der Waals surface area contributed by atoms with Crippen molar-refractivity contribution in [1.29, 1.82) is 0 Å².